The Morgan fingerprint density at radius 1 is 1.29 bits per heavy atom. The Hall–Kier alpha value is -2.31. The Morgan fingerprint density at radius 3 is 2.71 bits per heavy atom. The first-order chi connectivity index (χ1) is 10.1. The Balaban J connectivity index is 1.93. The van der Waals surface area contributed by atoms with Crippen LogP contribution in [0.15, 0.2) is 36.8 Å². The van der Waals surface area contributed by atoms with Crippen molar-refractivity contribution in [3.05, 3.63) is 52.4 Å². The minimum Gasteiger partial charge on any atom is -0.396 e. The summed E-state index contributed by atoms with van der Waals surface area (Å²) in [4.78, 5) is 16.4. The average molecular weight is 322 g/mol. The molecule has 3 N–H and O–H groups in total. The van der Waals surface area contributed by atoms with Crippen LogP contribution in [0, 0.1) is 0 Å². The number of carbonyl (C=O) groups excluding carboxylic acids is 1. The van der Waals surface area contributed by atoms with E-state index in [2.05, 4.69) is 15.4 Å². The highest BCUT2D eigenvalue weighted by Gasteiger charge is 2.15. The minimum absolute atomic E-state index is 0.272. The largest absolute Gasteiger partial charge is 0.396 e. The molecule has 3 aromatic rings. The van der Waals surface area contributed by atoms with Gasteiger partial charge in [0, 0.05) is 18.1 Å². The molecule has 0 fully saturated rings. The number of rotatable bonds is 2. The van der Waals surface area contributed by atoms with Gasteiger partial charge in [-0.1, -0.05) is 23.2 Å². The van der Waals surface area contributed by atoms with E-state index in [9.17, 15) is 4.79 Å². The molecule has 0 saturated carbocycles. The van der Waals surface area contributed by atoms with E-state index in [1.54, 1.807) is 18.5 Å². The maximum absolute atomic E-state index is 12.3. The third-order valence-electron chi connectivity index (χ3n) is 2.86. The fourth-order valence-corrected chi connectivity index (χ4v) is 2.33. The number of nitrogens with two attached hydrogens (primary N) is 1. The number of hydrogen-bond acceptors (Lipinski definition) is 4. The zero-order chi connectivity index (χ0) is 15.0. The van der Waals surface area contributed by atoms with Crippen LogP contribution >= 0.6 is 23.2 Å². The molecular weight excluding hydrogens is 313 g/mol. The topological polar surface area (TPSA) is 85.3 Å². The monoisotopic (exact) mass is 321 g/mol. The summed E-state index contributed by atoms with van der Waals surface area (Å²) in [5, 5.41) is 7.29. The van der Waals surface area contributed by atoms with E-state index < -0.39 is 0 Å². The second kappa shape index (κ2) is 5.23. The smallest absolute Gasteiger partial charge is 0.261 e. The van der Waals surface area contributed by atoms with Gasteiger partial charge in [-0.25, -0.2) is 9.50 Å². The molecule has 0 aliphatic carbocycles. The number of fused-ring (bicyclic) bond motifs is 1. The molecule has 0 aliphatic heterocycles. The third kappa shape index (κ3) is 2.51. The van der Waals surface area contributed by atoms with Crippen molar-refractivity contribution >= 4 is 46.1 Å². The van der Waals surface area contributed by atoms with Crippen molar-refractivity contribution in [2.75, 3.05) is 11.1 Å². The number of amides is 1. The molecule has 2 aromatic heterocycles. The van der Waals surface area contributed by atoms with Crippen molar-refractivity contribution in [2.24, 2.45) is 0 Å². The van der Waals surface area contributed by atoms with Crippen LogP contribution < -0.4 is 11.1 Å². The van der Waals surface area contributed by atoms with Crippen molar-refractivity contribution in [3.8, 4) is 0 Å². The molecule has 0 aliphatic rings. The van der Waals surface area contributed by atoms with Gasteiger partial charge in [0.25, 0.3) is 5.91 Å². The Morgan fingerprint density at radius 2 is 2.00 bits per heavy atom. The quantitative estimate of drug-likeness (QED) is 0.711. The van der Waals surface area contributed by atoms with Gasteiger partial charge in [-0.05, 0) is 18.2 Å². The number of hydrogen-bond donors (Lipinski definition) is 2. The van der Waals surface area contributed by atoms with Crippen LogP contribution in [0.3, 0.4) is 0 Å². The molecule has 8 heteroatoms. The number of nitrogen functional groups attached to an aromatic ring is 1. The molecule has 1 amide bonds. The zero-order valence-electron chi connectivity index (χ0n) is 10.5. The molecule has 0 bridgehead atoms. The first-order valence-electron chi connectivity index (χ1n) is 5.90. The number of benzene rings is 1. The van der Waals surface area contributed by atoms with Crippen LogP contribution in [0.4, 0.5) is 11.4 Å². The standard InChI is InChI=1S/C13H9Cl2N5O/c14-9-4-7(5-10(15)11(9)16)19-13(21)8-6-18-20-3-1-2-17-12(8)20/h1-6H,16H2,(H,19,21). The number of nitrogens with zero attached hydrogens (tertiary/aromatic N) is 3. The molecule has 0 spiro atoms. The molecule has 3 rings (SSSR count). The summed E-state index contributed by atoms with van der Waals surface area (Å²) in [5.74, 6) is -0.361. The highest BCUT2D eigenvalue weighted by Crippen LogP contribution is 2.31. The molecule has 106 valence electrons. The van der Waals surface area contributed by atoms with Crippen molar-refractivity contribution in [1.82, 2.24) is 14.6 Å². The molecule has 0 saturated heterocycles. The van der Waals surface area contributed by atoms with Crippen molar-refractivity contribution in [3.63, 3.8) is 0 Å². The van der Waals surface area contributed by atoms with Crippen LogP contribution in [-0.2, 0) is 0 Å². The average Bonchev–Trinajstić information content (AvgIpc) is 2.88. The first-order valence-corrected chi connectivity index (χ1v) is 6.66. The second-order valence-corrected chi connectivity index (χ2v) is 5.07. The maximum atomic E-state index is 12.3. The number of nitrogens with one attached hydrogen (secondary N) is 1. The minimum atomic E-state index is -0.361. The van der Waals surface area contributed by atoms with Gasteiger partial charge in [-0.15, -0.1) is 0 Å². The molecule has 0 unspecified atom stereocenters. The molecule has 21 heavy (non-hydrogen) atoms. The fourth-order valence-electron chi connectivity index (χ4n) is 1.84. The first kappa shape index (κ1) is 13.7. The van der Waals surface area contributed by atoms with Crippen LogP contribution in [0.5, 0.6) is 0 Å². The van der Waals surface area contributed by atoms with Gasteiger partial charge in [-0.2, -0.15) is 5.10 Å². The van der Waals surface area contributed by atoms with E-state index in [1.165, 1.54) is 22.8 Å². The molecule has 1 aromatic carbocycles. The van der Waals surface area contributed by atoms with Gasteiger partial charge in [-0.3, -0.25) is 4.79 Å². The van der Waals surface area contributed by atoms with Gasteiger partial charge in [0.05, 0.1) is 21.9 Å². The van der Waals surface area contributed by atoms with E-state index >= 15 is 0 Å². The highest BCUT2D eigenvalue weighted by molar-refractivity contribution is 6.39. The maximum Gasteiger partial charge on any atom is 0.261 e. The third-order valence-corrected chi connectivity index (χ3v) is 3.49. The van der Waals surface area contributed by atoms with E-state index in [1.807, 2.05) is 0 Å². The summed E-state index contributed by atoms with van der Waals surface area (Å²) < 4.78 is 1.51. The molecule has 0 atom stereocenters. The summed E-state index contributed by atoms with van der Waals surface area (Å²) in [7, 11) is 0. The summed E-state index contributed by atoms with van der Waals surface area (Å²) in [6.07, 6.45) is 4.74. The number of anilines is 2. The van der Waals surface area contributed by atoms with Crippen LogP contribution in [0.25, 0.3) is 5.65 Å². The van der Waals surface area contributed by atoms with Crippen LogP contribution in [0.2, 0.25) is 10.0 Å². The molecule has 6 nitrogen and oxygen atoms in total. The predicted octanol–water partition coefficient (Wildman–Crippen LogP) is 2.87. The molecular formula is C13H9Cl2N5O. The Bertz CT molecular complexity index is 822. The van der Waals surface area contributed by atoms with Crippen LogP contribution in [-0.4, -0.2) is 20.5 Å². The zero-order valence-corrected chi connectivity index (χ0v) is 12.1. The van der Waals surface area contributed by atoms with Crippen molar-refractivity contribution < 1.29 is 4.79 Å². The van der Waals surface area contributed by atoms with Crippen molar-refractivity contribution in [1.29, 1.82) is 0 Å². The normalized spacial score (nSPS) is 10.8. The summed E-state index contributed by atoms with van der Waals surface area (Å²) in [6.45, 7) is 0. The van der Waals surface area contributed by atoms with E-state index in [0.29, 0.717) is 16.9 Å². The summed E-state index contributed by atoms with van der Waals surface area (Å²) >= 11 is 11.9. The van der Waals surface area contributed by atoms with E-state index in [-0.39, 0.29) is 21.6 Å². The lowest BCUT2D eigenvalue weighted by atomic mass is 10.2. The SMILES string of the molecule is Nc1c(Cl)cc(NC(=O)c2cnn3cccnc23)cc1Cl. The van der Waals surface area contributed by atoms with Gasteiger partial charge < -0.3 is 11.1 Å². The second-order valence-electron chi connectivity index (χ2n) is 4.25. The number of halogens is 2. The lowest BCUT2D eigenvalue weighted by Gasteiger charge is -2.07. The lowest BCUT2D eigenvalue weighted by molar-refractivity contribution is 0.102. The van der Waals surface area contributed by atoms with E-state index in [0.717, 1.165) is 0 Å². The van der Waals surface area contributed by atoms with E-state index in [4.69, 9.17) is 28.9 Å². The van der Waals surface area contributed by atoms with Gasteiger partial charge >= 0.3 is 0 Å². The molecule has 0 radical (unpaired) electrons. The Labute approximate surface area is 129 Å². The highest BCUT2D eigenvalue weighted by atomic mass is 35.5. The summed E-state index contributed by atoms with van der Waals surface area (Å²) in [5.41, 5.74) is 7.17. The summed E-state index contributed by atoms with van der Waals surface area (Å²) in [6, 6.07) is 4.78. The Kier molecular flexibility index (Phi) is 3.40. The lowest BCUT2D eigenvalue weighted by Crippen LogP contribution is -2.12. The predicted molar refractivity (Wildman–Crippen MR) is 81.8 cm³/mol. The molecule has 2 heterocycles. The fraction of sp³-hybridized carbons (Fsp3) is 0. The van der Waals surface area contributed by atoms with Crippen LogP contribution in [0.1, 0.15) is 10.4 Å². The van der Waals surface area contributed by atoms with Crippen molar-refractivity contribution in [2.45, 2.75) is 0 Å². The van der Waals surface area contributed by atoms with Gasteiger partial charge in [0.2, 0.25) is 0 Å². The van der Waals surface area contributed by atoms with Gasteiger partial charge in [0.1, 0.15) is 5.56 Å². The number of carbonyl (C=O) groups is 1. The number of aromatic nitrogens is 3. The van der Waals surface area contributed by atoms with Gasteiger partial charge in [0.15, 0.2) is 5.65 Å².